The average Bonchev–Trinajstić information content (AvgIpc) is 2.59. The standard InChI is InChI=1S/C19H32FN5.HI/c1-16(14-25-11-9-23(3)10-12-25)13-22-19(21-2)24(4)15-17-5-7-18(20)8-6-17;/h5-8,16H,9-15H2,1-4H3,(H,21,22);1H. The summed E-state index contributed by atoms with van der Waals surface area (Å²) in [7, 11) is 5.99. The van der Waals surface area contributed by atoms with Gasteiger partial charge in [0.1, 0.15) is 5.82 Å². The van der Waals surface area contributed by atoms with E-state index in [1.54, 1.807) is 7.05 Å². The van der Waals surface area contributed by atoms with Crippen molar-refractivity contribution in [3.63, 3.8) is 0 Å². The molecule has 1 saturated heterocycles. The SMILES string of the molecule is CN=C(NCC(C)CN1CCN(C)CC1)N(C)Cc1ccc(F)cc1.I. The van der Waals surface area contributed by atoms with Gasteiger partial charge in [-0.1, -0.05) is 19.1 Å². The summed E-state index contributed by atoms with van der Waals surface area (Å²) < 4.78 is 13.0. The van der Waals surface area contributed by atoms with Crippen molar-refractivity contribution in [2.24, 2.45) is 10.9 Å². The molecule has 5 nitrogen and oxygen atoms in total. The van der Waals surface area contributed by atoms with Gasteiger partial charge in [-0.15, -0.1) is 24.0 Å². The van der Waals surface area contributed by atoms with Crippen molar-refractivity contribution in [3.05, 3.63) is 35.6 Å². The van der Waals surface area contributed by atoms with Gasteiger partial charge in [0.15, 0.2) is 5.96 Å². The monoisotopic (exact) mass is 477 g/mol. The molecule has 0 aromatic heterocycles. The molecule has 1 aromatic rings. The maximum atomic E-state index is 13.0. The van der Waals surface area contributed by atoms with E-state index in [1.807, 2.05) is 19.2 Å². The molecule has 1 fully saturated rings. The Bertz CT molecular complexity index is 543. The summed E-state index contributed by atoms with van der Waals surface area (Å²) in [5.74, 6) is 1.22. The van der Waals surface area contributed by atoms with E-state index in [2.05, 4.69) is 39.0 Å². The molecule has 0 aliphatic carbocycles. The lowest BCUT2D eigenvalue weighted by molar-refractivity contribution is 0.139. The van der Waals surface area contributed by atoms with Gasteiger partial charge < -0.3 is 20.0 Å². The fourth-order valence-corrected chi connectivity index (χ4v) is 3.12. The minimum atomic E-state index is -0.202. The van der Waals surface area contributed by atoms with Crippen molar-refractivity contribution >= 4 is 29.9 Å². The second-order valence-electron chi connectivity index (χ2n) is 7.12. The van der Waals surface area contributed by atoms with Crippen molar-refractivity contribution in [1.82, 2.24) is 20.0 Å². The molecular weight excluding hydrogens is 444 g/mol. The summed E-state index contributed by atoms with van der Waals surface area (Å²) >= 11 is 0. The van der Waals surface area contributed by atoms with Crippen LogP contribution in [0.5, 0.6) is 0 Å². The quantitative estimate of drug-likeness (QED) is 0.388. The molecule has 148 valence electrons. The molecule has 7 heteroatoms. The molecule has 1 unspecified atom stereocenters. The molecule has 1 aliphatic rings. The number of guanidine groups is 1. The number of aliphatic imine (C=N–C) groups is 1. The molecule has 2 rings (SSSR count). The highest BCUT2D eigenvalue weighted by Crippen LogP contribution is 2.07. The van der Waals surface area contributed by atoms with Gasteiger partial charge in [0.2, 0.25) is 0 Å². The largest absolute Gasteiger partial charge is 0.356 e. The highest BCUT2D eigenvalue weighted by Gasteiger charge is 2.16. The zero-order valence-corrected chi connectivity index (χ0v) is 18.7. The summed E-state index contributed by atoms with van der Waals surface area (Å²) in [6.07, 6.45) is 0. The van der Waals surface area contributed by atoms with Crippen molar-refractivity contribution in [1.29, 1.82) is 0 Å². The molecule has 1 atom stereocenters. The van der Waals surface area contributed by atoms with Crippen molar-refractivity contribution in [2.75, 3.05) is 60.4 Å². The third-order valence-corrected chi connectivity index (χ3v) is 4.68. The summed E-state index contributed by atoms with van der Waals surface area (Å²) in [5, 5.41) is 3.46. The average molecular weight is 477 g/mol. The van der Waals surface area contributed by atoms with Crippen LogP contribution in [0.25, 0.3) is 0 Å². The number of hydrogen-bond donors (Lipinski definition) is 1. The highest BCUT2D eigenvalue weighted by molar-refractivity contribution is 14.0. The van der Waals surface area contributed by atoms with Gasteiger partial charge in [-0.25, -0.2) is 4.39 Å². The predicted molar refractivity (Wildman–Crippen MR) is 118 cm³/mol. The Labute approximate surface area is 174 Å². The van der Waals surface area contributed by atoms with Gasteiger partial charge in [-0.05, 0) is 30.7 Å². The van der Waals surface area contributed by atoms with Crippen LogP contribution in [-0.4, -0.2) is 81.1 Å². The van der Waals surface area contributed by atoms with Crippen LogP contribution >= 0.6 is 24.0 Å². The Morgan fingerprint density at radius 2 is 1.85 bits per heavy atom. The first-order valence-electron chi connectivity index (χ1n) is 9.05. The van der Waals surface area contributed by atoms with Crippen LogP contribution in [0, 0.1) is 11.7 Å². The molecule has 1 aromatic carbocycles. The number of piperazine rings is 1. The van der Waals surface area contributed by atoms with Crippen LogP contribution in [-0.2, 0) is 6.54 Å². The van der Waals surface area contributed by atoms with Gasteiger partial charge in [0.25, 0.3) is 0 Å². The van der Waals surface area contributed by atoms with E-state index in [-0.39, 0.29) is 29.8 Å². The van der Waals surface area contributed by atoms with E-state index in [1.165, 1.54) is 12.1 Å². The highest BCUT2D eigenvalue weighted by atomic mass is 127. The summed E-state index contributed by atoms with van der Waals surface area (Å²) in [6.45, 7) is 9.60. The van der Waals surface area contributed by atoms with Crippen LogP contribution < -0.4 is 5.32 Å². The van der Waals surface area contributed by atoms with Crippen LogP contribution in [0.15, 0.2) is 29.3 Å². The molecule has 0 spiro atoms. The van der Waals surface area contributed by atoms with E-state index in [4.69, 9.17) is 0 Å². The lowest BCUT2D eigenvalue weighted by Gasteiger charge is -2.34. The Kier molecular flexibility index (Phi) is 10.4. The lowest BCUT2D eigenvalue weighted by atomic mass is 10.1. The Morgan fingerprint density at radius 3 is 2.42 bits per heavy atom. The zero-order valence-electron chi connectivity index (χ0n) is 16.4. The van der Waals surface area contributed by atoms with Gasteiger partial charge in [-0.2, -0.15) is 0 Å². The summed E-state index contributed by atoms with van der Waals surface area (Å²) in [5.41, 5.74) is 1.07. The van der Waals surface area contributed by atoms with Crippen molar-refractivity contribution in [2.45, 2.75) is 13.5 Å². The number of hydrogen-bond acceptors (Lipinski definition) is 3. The Balaban J connectivity index is 0.00000338. The molecule has 26 heavy (non-hydrogen) atoms. The second kappa shape index (κ2) is 11.7. The minimum Gasteiger partial charge on any atom is -0.356 e. The molecule has 0 bridgehead atoms. The molecule has 1 N–H and O–H groups in total. The summed E-state index contributed by atoms with van der Waals surface area (Å²) in [4.78, 5) is 11.4. The van der Waals surface area contributed by atoms with Gasteiger partial charge >= 0.3 is 0 Å². The number of nitrogens with zero attached hydrogens (tertiary/aromatic N) is 4. The maximum Gasteiger partial charge on any atom is 0.193 e. The third kappa shape index (κ3) is 7.75. The fourth-order valence-electron chi connectivity index (χ4n) is 3.12. The van der Waals surface area contributed by atoms with Crippen molar-refractivity contribution in [3.8, 4) is 0 Å². The summed E-state index contributed by atoms with van der Waals surface area (Å²) in [6, 6.07) is 6.62. The van der Waals surface area contributed by atoms with Crippen LogP contribution in [0.1, 0.15) is 12.5 Å². The van der Waals surface area contributed by atoms with Crippen LogP contribution in [0.3, 0.4) is 0 Å². The van der Waals surface area contributed by atoms with Crippen LogP contribution in [0.2, 0.25) is 0 Å². The predicted octanol–water partition coefficient (Wildman–Crippen LogP) is 2.33. The smallest absolute Gasteiger partial charge is 0.193 e. The topological polar surface area (TPSA) is 34.1 Å². The molecule has 0 amide bonds. The third-order valence-electron chi connectivity index (χ3n) is 4.68. The van der Waals surface area contributed by atoms with E-state index < -0.39 is 0 Å². The number of benzene rings is 1. The first-order valence-corrected chi connectivity index (χ1v) is 9.05. The van der Waals surface area contributed by atoms with Gasteiger partial charge in [-0.3, -0.25) is 4.99 Å². The van der Waals surface area contributed by atoms with Crippen molar-refractivity contribution < 1.29 is 4.39 Å². The van der Waals surface area contributed by atoms with E-state index in [0.717, 1.165) is 50.8 Å². The second-order valence-corrected chi connectivity index (χ2v) is 7.12. The maximum absolute atomic E-state index is 13.0. The molecule has 0 saturated carbocycles. The first-order chi connectivity index (χ1) is 12.0. The van der Waals surface area contributed by atoms with E-state index in [9.17, 15) is 4.39 Å². The molecule has 0 radical (unpaired) electrons. The molecular formula is C19H33FIN5. The molecule has 1 aliphatic heterocycles. The lowest BCUT2D eigenvalue weighted by Crippen LogP contribution is -2.47. The van der Waals surface area contributed by atoms with Gasteiger partial charge in [0, 0.05) is 59.9 Å². The minimum absolute atomic E-state index is 0. The number of nitrogens with one attached hydrogen (secondary N) is 1. The number of rotatable bonds is 6. The van der Waals surface area contributed by atoms with Crippen LogP contribution in [0.4, 0.5) is 4.39 Å². The number of halogens is 2. The number of likely N-dealkylation sites (N-methyl/N-ethyl adjacent to an activating group) is 1. The van der Waals surface area contributed by atoms with E-state index >= 15 is 0 Å². The normalized spacial score (nSPS) is 17.5. The first kappa shape index (κ1) is 23.1. The molecule has 1 heterocycles. The van der Waals surface area contributed by atoms with Gasteiger partial charge in [0.05, 0.1) is 0 Å². The Morgan fingerprint density at radius 1 is 1.23 bits per heavy atom. The van der Waals surface area contributed by atoms with E-state index in [0.29, 0.717) is 12.5 Å². The fraction of sp³-hybridized carbons (Fsp3) is 0.632. The zero-order chi connectivity index (χ0) is 18.2. The Hall–Kier alpha value is -0.930.